The lowest BCUT2D eigenvalue weighted by molar-refractivity contribution is -0.0498. The summed E-state index contributed by atoms with van der Waals surface area (Å²) in [6, 6.07) is 8.12. The Balaban J connectivity index is 1.63. The summed E-state index contributed by atoms with van der Waals surface area (Å²) in [4.78, 5) is 17.4. The Morgan fingerprint density at radius 3 is 2.68 bits per heavy atom. The van der Waals surface area contributed by atoms with Crippen molar-refractivity contribution in [1.82, 2.24) is 10.3 Å². The molecule has 2 heterocycles. The van der Waals surface area contributed by atoms with E-state index in [0.717, 1.165) is 16.1 Å². The van der Waals surface area contributed by atoms with Crippen LogP contribution in [0.15, 0.2) is 41.1 Å². The quantitative estimate of drug-likeness (QED) is 0.674. The first kappa shape index (κ1) is 17.5. The fourth-order valence-corrected chi connectivity index (χ4v) is 3.86. The molecule has 0 aliphatic heterocycles. The lowest BCUT2D eigenvalue weighted by Crippen LogP contribution is -2.22. The summed E-state index contributed by atoms with van der Waals surface area (Å²) >= 11 is 2.93. The molecule has 8 heteroatoms. The predicted molar refractivity (Wildman–Crippen MR) is 94.4 cm³/mol. The molecular formula is C17H14F2N2O2S2. The molecule has 0 saturated carbocycles. The van der Waals surface area contributed by atoms with E-state index in [0.29, 0.717) is 17.1 Å². The van der Waals surface area contributed by atoms with Gasteiger partial charge in [-0.25, -0.2) is 4.98 Å². The normalized spacial score (nSPS) is 10.9. The third-order valence-electron chi connectivity index (χ3n) is 3.37. The number of aryl methyl sites for hydroxylation is 1. The van der Waals surface area contributed by atoms with Crippen molar-refractivity contribution in [2.75, 3.05) is 0 Å². The molecule has 0 unspecified atom stereocenters. The van der Waals surface area contributed by atoms with Crippen molar-refractivity contribution < 1.29 is 18.3 Å². The number of aromatic nitrogens is 1. The Morgan fingerprint density at radius 2 is 2.04 bits per heavy atom. The highest BCUT2D eigenvalue weighted by molar-refractivity contribution is 7.17. The Bertz CT molecular complexity index is 846. The fraction of sp³-hybridized carbons (Fsp3) is 0.176. The van der Waals surface area contributed by atoms with Crippen molar-refractivity contribution in [2.24, 2.45) is 0 Å². The van der Waals surface area contributed by atoms with Crippen molar-refractivity contribution in [2.45, 2.75) is 20.1 Å². The van der Waals surface area contributed by atoms with Gasteiger partial charge in [0.1, 0.15) is 15.6 Å². The standard InChI is InChI=1S/C17H14F2N2O2S2/c1-10-14(25-16(21-10)12-6-7-24-9-12)15(22)20-8-11-2-4-13(5-3-11)23-17(18)19/h2-7,9,17H,8H2,1H3,(H,20,22). The zero-order valence-corrected chi connectivity index (χ0v) is 14.8. The van der Waals surface area contributed by atoms with E-state index < -0.39 is 6.61 Å². The molecular weight excluding hydrogens is 366 g/mol. The number of rotatable bonds is 6. The minimum absolute atomic E-state index is 0.0868. The van der Waals surface area contributed by atoms with Gasteiger partial charge in [-0.05, 0) is 36.1 Å². The van der Waals surface area contributed by atoms with Crippen LogP contribution in [0.4, 0.5) is 8.78 Å². The van der Waals surface area contributed by atoms with Gasteiger partial charge in [0.05, 0.1) is 5.69 Å². The summed E-state index contributed by atoms with van der Waals surface area (Å²) in [5, 5.41) is 7.59. The predicted octanol–water partition coefficient (Wildman–Crippen LogP) is 4.71. The maximum Gasteiger partial charge on any atom is 0.387 e. The van der Waals surface area contributed by atoms with E-state index in [4.69, 9.17) is 0 Å². The van der Waals surface area contributed by atoms with E-state index in [9.17, 15) is 13.6 Å². The van der Waals surface area contributed by atoms with Crippen molar-refractivity contribution in [3.63, 3.8) is 0 Å². The second kappa shape index (κ2) is 7.71. The molecule has 0 spiro atoms. The smallest absolute Gasteiger partial charge is 0.387 e. The molecule has 0 bridgehead atoms. The van der Waals surface area contributed by atoms with Crippen molar-refractivity contribution in [3.8, 4) is 16.3 Å². The molecule has 2 aromatic heterocycles. The number of amides is 1. The van der Waals surface area contributed by atoms with Crippen molar-refractivity contribution in [3.05, 3.63) is 57.2 Å². The molecule has 0 fully saturated rings. The number of ether oxygens (including phenoxy) is 1. The molecule has 3 rings (SSSR count). The summed E-state index contributed by atoms with van der Waals surface area (Å²) in [5.41, 5.74) is 2.48. The van der Waals surface area contributed by atoms with Gasteiger partial charge in [0.25, 0.3) is 5.91 Å². The van der Waals surface area contributed by atoms with Gasteiger partial charge in [-0.15, -0.1) is 11.3 Å². The summed E-state index contributed by atoms with van der Waals surface area (Å²) in [6.45, 7) is -0.756. The van der Waals surface area contributed by atoms with E-state index >= 15 is 0 Å². The van der Waals surface area contributed by atoms with Gasteiger partial charge in [-0.1, -0.05) is 12.1 Å². The van der Waals surface area contributed by atoms with Crippen LogP contribution in [0.5, 0.6) is 5.75 Å². The zero-order chi connectivity index (χ0) is 17.8. The fourth-order valence-electron chi connectivity index (χ4n) is 2.17. The number of alkyl halides is 2. The highest BCUT2D eigenvalue weighted by atomic mass is 32.1. The van der Waals surface area contributed by atoms with Crippen LogP contribution in [0.25, 0.3) is 10.6 Å². The van der Waals surface area contributed by atoms with Gasteiger partial charge in [0.2, 0.25) is 0 Å². The first-order valence-electron chi connectivity index (χ1n) is 7.35. The third-order valence-corrected chi connectivity index (χ3v) is 5.26. The second-order valence-electron chi connectivity index (χ2n) is 5.15. The van der Waals surface area contributed by atoms with E-state index in [1.807, 2.05) is 16.8 Å². The summed E-state index contributed by atoms with van der Waals surface area (Å²) in [6.07, 6.45) is 0. The SMILES string of the molecule is Cc1nc(-c2ccsc2)sc1C(=O)NCc1ccc(OC(F)F)cc1. The van der Waals surface area contributed by atoms with Crippen LogP contribution in [-0.2, 0) is 6.54 Å². The number of nitrogens with one attached hydrogen (secondary N) is 1. The number of nitrogens with zero attached hydrogens (tertiary/aromatic N) is 1. The molecule has 0 radical (unpaired) electrons. The average molecular weight is 380 g/mol. The molecule has 1 amide bonds. The highest BCUT2D eigenvalue weighted by Gasteiger charge is 2.16. The van der Waals surface area contributed by atoms with Gasteiger partial charge in [-0.2, -0.15) is 20.1 Å². The van der Waals surface area contributed by atoms with Crippen LogP contribution >= 0.6 is 22.7 Å². The van der Waals surface area contributed by atoms with Crippen LogP contribution in [0.3, 0.4) is 0 Å². The molecule has 0 aliphatic rings. The summed E-state index contributed by atoms with van der Waals surface area (Å²) in [7, 11) is 0. The van der Waals surface area contributed by atoms with Crippen molar-refractivity contribution >= 4 is 28.6 Å². The maximum atomic E-state index is 12.4. The summed E-state index contributed by atoms with van der Waals surface area (Å²) in [5.74, 6) is -0.117. The van der Waals surface area contributed by atoms with Crippen LogP contribution in [-0.4, -0.2) is 17.5 Å². The van der Waals surface area contributed by atoms with Crippen molar-refractivity contribution in [1.29, 1.82) is 0 Å². The minimum Gasteiger partial charge on any atom is -0.435 e. The van der Waals surface area contributed by atoms with Gasteiger partial charge in [0, 0.05) is 17.5 Å². The minimum atomic E-state index is -2.85. The van der Waals surface area contributed by atoms with Crippen LogP contribution in [0, 0.1) is 6.92 Å². The Morgan fingerprint density at radius 1 is 1.28 bits per heavy atom. The highest BCUT2D eigenvalue weighted by Crippen LogP contribution is 2.29. The Hall–Kier alpha value is -2.32. The molecule has 0 saturated heterocycles. The van der Waals surface area contributed by atoms with Crippen LogP contribution in [0.1, 0.15) is 20.9 Å². The average Bonchev–Trinajstić information content (AvgIpc) is 3.23. The number of halogens is 2. The molecule has 1 aromatic carbocycles. The van der Waals surface area contributed by atoms with Crippen LogP contribution in [0.2, 0.25) is 0 Å². The second-order valence-corrected chi connectivity index (χ2v) is 6.93. The van der Waals surface area contributed by atoms with E-state index in [2.05, 4.69) is 15.0 Å². The van der Waals surface area contributed by atoms with E-state index in [1.54, 1.807) is 30.4 Å². The largest absolute Gasteiger partial charge is 0.435 e. The molecule has 1 N–H and O–H groups in total. The van der Waals surface area contributed by atoms with Crippen LogP contribution < -0.4 is 10.1 Å². The van der Waals surface area contributed by atoms with Gasteiger partial charge >= 0.3 is 6.61 Å². The Labute approximate surface area is 151 Å². The lowest BCUT2D eigenvalue weighted by atomic mass is 10.2. The lowest BCUT2D eigenvalue weighted by Gasteiger charge is -2.07. The maximum absolute atomic E-state index is 12.4. The number of thiophene rings is 1. The first-order chi connectivity index (χ1) is 12.0. The number of carbonyl (C=O) groups excluding carboxylic acids is 1. The van der Waals surface area contributed by atoms with E-state index in [-0.39, 0.29) is 11.7 Å². The van der Waals surface area contributed by atoms with Gasteiger partial charge in [0.15, 0.2) is 0 Å². The monoisotopic (exact) mass is 380 g/mol. The number of thiazole rings is 1. The number of hydrogen-bond donors (Lipinski definition) is 1. The molecule has 0 atom stereocenters. The first-order valence-corrected chi connectivity index (χ1v) is 9.11. The molecule has 3 aromatic rings. The van der Waals surface area contributed by atoms with Gasteiger partial charge in [-0.3, -0.25) is 4.79 Å². The molecule has 25 heavy (non-hydrogen) atoms. The number of benzene rings is 1. The third kappa shape index (κ3) is 4.40. The van der Waals surface area contributed by atoms with Gasteiger partial charge < -0.3 is 10.1 Å². The zero-order valence-electron chi connectivity index (χ0n) is 13.2. The number of carbonyl (C=O) groups is 1. The Kier molecular flexibility index (Phi) is 5.40. The molecule has 0 aliphatic carbocycles. The van der Waals surface area contributed by atoms with E-state index in [1.165, 1.54) is 23.5 Å². The summed E-state index contributed by atoms with van der Waals surface area (Å²) < 4.78 is 28.5. The molecule has 4 nitrogen and oxygen atoms in total. The topological polar surface area (TPSA) is 51.2 Å². The molecule has 130 valence electrons. The number of hydrogen-bond acceptors (Lipinski definition) is 5.